The van der Waals surface area contributed by atoms with E-state index < -0.39 is 18.1 Å². The first-order chi connectivity index (χ1) is 15.3. The van der Waals surface area contributed by atoms with Gasteiger partial charge in [-0.15, -0.1) is 0 Å². The molecule has 3 rings (SSSR count). The minimum absolute atomic E-state index is 0.257. The van der Waals surface area contributed by atoms with Crippen molar-refractivity contribution in [2.75, 3.05) is 11.9 Å². The Kier molecular flexibility index (Phi) is 7.71. The van der Waals surface area contributed by atoms with E-state index in [2.05, 4.69) is 16.0 Å². The SMILES string of the molecule is CCOC(=O)C(C)Oc1ccccc1C1NC(=S)NC(C)=C1C(=O)Nc1ccccc1Cl. The Balaban J connectivity index is 1.96. The van der Waals surface area contributed by atoms with Crippen LogP contribution >= 0.6 is 23.8 Å². The van der Waals surface area contributed by atoms with Crippen molar-refractivity contribution >= 4 is 46.5 Å². The van der Waals surface area contributed by atoms with Crippen LogP contribution in [0.2, 0.25) is 5.02 Å². The third-order valence-electron chi connectivity index (χ3n) is 4.79. The average molecular weight is 474 g/mol. The first kappa shape index (κ1) is 23.6. The summed E-state index contributed by atoms with van der Waals surface area (Å²) >= 11 is 11.5. The fourth-order valence-electron chi connectivity index (χ4n) is 3.30. The van der Waals surface area contributed by atoms with Crippen LogP contribution in [-0.4, -0.2) is 29.7 Å². The molecular weight excluding hydrogens is 450 g/mol. The fourth-order valence-corrected chi connectivity index (χ4v) is 3.76. The van der Waals surface area contributed by atoms with Crippen molar-refractivity contribution in [2.45, 2.75) is 32.9 Å². The van der Waals surface area contributed by atoms with Crippen molar-refractivity contribution in [3.8, 4) is 5.75 Å². The van der Waals surface area contributed by atoms with Gasteiger partial charge >= 0.3 is 5.97 Å². The summed E-state index contributed by atoms with van der Waals surface area (Å²) in [4.78, 5) is 25.3. The lowest BCUT2D eigenvalue weighted by Crippen LogP contribution is -2.46. The highest BCUT2D eigenvalue weighted by atomic mass is 35.5. The van der Waals surface area contributed by atoms with Crippen LogP contribution in [-0.2, 0) is 14.3 Å². The largest absolute Gasteiger partial charge is 0.479 e. The lowest BCUT2D eigenvalue weighted by atomic mass is 9.94. The van der Waals surface area contributed by atoms with Crippen LogP contribution in [0.4, 0.5) is 5.69 Å². The highest BCUT2D eigenvalue weighted by Crippen LogP contribution is 2.34. The summed E-state index contributed by atoms with van der Waals surface area (Å²) in [5.74, 6) is -0.387. The molecule has 1 amide bonds. The van der Waals surface area contributed by atoms with E-state index in [1.807, 2.05) is 12.1 Å². The molecule has 2 atom stereocenters. The molecule has 3 N–H and O–H groups in total. The molecule has 0 aliphatic carbocycles. The third-order valence-corrected chi connectivity index (χ3v) is 5.34. The van der Waals surface area contributed by atoms with Crippen LogP contribution in [0.3, 0.4) is 0 Å². The molecule has 32 heavy (non-hydrogen) atoms. The zero-order valence-electron chi connectivity index (χ0n) is 17.9. The lowest BCUT2D eigenvalue weighted by Gasteiger charge is -2.31. The van der Waals surface area contributed by atoms with Gasteiger partial charge in [-0.3, -0.25) is 4.79 Å². The Bertz CT molecular complexity index is 1070. The predicted molar refractivity (Wildman–Crippen MR) is 128 cm³/mol. The van der Waals surface area contributed by atoms with Crippen molar-refractivity contribution < 1.29 is 19.1 Å². The molecule has 1 aliphatic heterocycles. The summed E-state index contributed by atoms with van der Waals surface area (Å²) in [7, 11) is 0. The minimum Gasteiger partial charge on any atom is -0.479 e. The molecule has 2 unspecified atom stereocenters. The van der Waals surface area contributed by atoms with Gasteiger partial charge in [0.05, 0.1) is 28.9 Å². The van der Waals surface area contributed by atoms with Gasteiger partial charge in [0.2, 0.25) is 0 Å². The quantitative estimate of drug-likeness (QED) is 0.412. The van der Waals surface area contributed by atoms with Crippen molar-refractivity contribution in [1.82, 2.24) is 10.6 Å². The second kappa shape index (κ2) is 10.5. The zero-order valence-corrected chi connectivity index (χ0v) is 19.5. The number of allylic oxidation sites excluding steroid dienone is 1. The van der Waals surface area contributed by atoms with Gasteiger partial charge in [-0.2, -0.15) is 0 Å². The van der Waals surface area contributed by atoms with Crippen LogP contribution in [0.1, 0.15) is 32.4 Å². The van der Waals surface area contributed by atoms with Crippen molar-refractivity contribution in [1.29, 1.82) is 0 Å². The van der Waals surface area contributed by atoms with Crippen molar-refractivity contribution in [2.24, 2.45) is 0 Å². The molecule has 2 aromatic carbocycles. The maximum absolute atomic E-state index is 13.3. The highest BCUT2D eigenvalue weighted by Gasteiger charge is 2.32. The Morgan fingerprint density at radius 1 is 1.19 bits per heavy atom. The van der Waals surface area contributed by atoms with Gasteiger partial charge in [0.15, 0.2) is 11.2 Å². The number of benzene rings is 2. The summed E-state index contributed by atoms with van der Waals surface area (Å²) in [5, 5.41) is 9.78. The van der Waals surface area contributed by atoms with Crippen molar-refractivity contribution in [3.05, 3.63) is 70.4 Å². The van der Waals surface area contributed by atoms with E-state index in [0.29, 0.717) is 38.4 Å². The van der Waals surface area contributed by atoms with E-state index in [4.69, 9.17) is 33.3 Å². The zero-order chi connectivity index (χ0) is 23.3. The number of anilines is 1. The highest BCUT2D eigenvalue weighted by molar-refractivity contribution is 7.80. The maximum atomic E-state index is 13.3. The summed E-state index contributed by atoms with van der Waals surface area (Å²) in [6.45, 7) is 5.37. The Morgan fingerprint density at radius 2 is 1.88 bits per heavy atom. The topological polar surface area (TPSA) is 88.7 Å². The summed E-state index contributed by atoms with van der Waals surface area (Å²) in [6.07, 6.45) is -0.824. The Labute approximate surface area is 197 Å². The molecule has 1 aliphatic rings. The molecule has 2 aromatic rings. The van der Waals surface area contributed by atoms with Gasteiger partial charge in [0, 0.05) is 11.3 Å². The molecule has 0 spiro atoms. The molecule has 0 saturated heterocycles. The van der Waals surface area contributed by atoms with E-state index in [-0.39, 0.29) is 12.5 Å². The molecule has 0 aromatic heterocycles. The van der Waals surface area contributed by atoms with Crippen LogP contribution in [0.15, 0.2) is 59.8 Å². The second-order valence-corrected chi connectivity index (χ2v) is 7.87. The second-order valence-electron chi connectivity index (χ2n) is 7.05. The van der Waals surface area contributed by atoms with Gasteiger partial charge in [0.25, 0.3) is 5.91 Å². The van der Waals surface area contributed by atoms with E-state index in [0.717, 1.165) is 0 Å². The lowest BCUT2D eigenvalue weighted by molar-refractivity contribution is -0.150. The van der Waals surface area contributed by atoms with E-state index in [1.54, 1.807) is 57.2 Å². The molecule has 168 valence electrons. The normalized spacial score (nSPS) is 16.5. The van der Waals surface area contributed by atoms with Crippen LogP contribution in [0.5, 0.6) is 5.75 Å². The first-order valence-corrected chi connectivity index (χ1v) is 10.9. The van der Waals surface area contributed by atoms with Gasteiger partial charge in [0.1, 0.15) is 5.75 Å². The number of hydrogen-bond acceptors (Lipinski definition) is 5. The molecule has 9 heteroatoms. The number of amides is 1. The number of esters is 1. The Morgan fingerprint density at radius 3 is 2.59 bits per heavy atom. The van der Waals surface area contributed by atoms with E-state index in [1.165, 1.54) is 0 Å². The standard InChI is InChI=1S/C23H24ClN3O4S/c1-4-30-22(29)14(3)31-18-12-8-5-9-15(18)20-19(13(2)25-23(32)27-20)21(28)26-17-11-7-6-10-16(17)24/h5-12,14,20H,4H2,1-3H3,(H,26,28)(H2,25,27,32). The minimum atomic E-state index is -0.824. The predicted octanol–water partition coefficient (Wildman–Crippen LogP) is 4.10. The summed E-state index contributed by atoms with van der Waals surface area (Å²) in [5.41, 5.74) is 2.15. The number of nitrogens with one attached hydrogen (secondary N) is 3. The number of ether oxygens (including phenoxy) is 2. The Hall–Kier alpha value is -3.10. The number of hydrogen-bond donors (Lipinski definition) is 3. The molecule has 7 nitrogen and oxygen atoms in total. The maximum Gasteiger partial charge on any atom is 0.347 e. The molecule has 0 bridgehead atoms. The van der Waals surface area contributed by atoms with Crippen molar-refractivity contribution in [3.63, 3.8) is 0 Å². The molecule has 0 radical (unpaired) electrons. The number of thiocarbonyl (C=S) groups is 1. The van der Waals surface area contributed by atoms with E-state index in [9.17, 15) is 9.59 Å². The van der Waals surface area contributed by atoms with Crippen LogP contribution in [0, 0.1) is 0 Å². The smallest absolute Gasteiger partial charge is 0.347 e. The van der Waals surface area contributed by atoms with Gasteiger partial charge in [-0.05, 0) is 51.2 Å². The van der Waals surface area contributed by atoms with Crippen LogP contribution < -0.4 is 20.7 Å². The van der Waals surface area contributed by atoms with E-state index >= 15 is 0 Å². The molecule has 0 fully saturated rings. The third kappa shape index (κ3) is 5.38. The van der Waals surface area contributed by atoms with Gasteiger partial charge < -0.3 is 25.4 Å². The van der Waals surface area contributed by atoms with Gasteiger partial charge in [-0.1, -0.05) is 41.9 Å². The summed E-state index contributed by atoms with van der Waals surface area (Å²) < 4.78 is 10.9. The number of para-hydroxylation sites is 2. The number of halogens is 1. The molecular formula is C23H24ClN3O4S. The van der Waals surface area contributed by atoms with Gasteiger partial charge in [-0.25, -0.2) is 4.79 Å². The average Bonchev–Trinajstić information content (AvgIpc) is 2.75. The fraction of sp³-hybridized carbons (Fsp3) is 0.261. The monoisotopic (exact) mass is 473 g/mol. The van der Waals surface area contributed by atoms with Crippen LogP contribution in [0.25, 0.3) is 0 Å². The summed E-state index contributed by atoms with van der Waals surface area (Å²) in [6, 6.07) is 13.5. The molecule has 0 saturated carbocycles. The number of carbonyl (C=O) groups is 2. The number of rotatable bonds is 7. The number of carbonyl (C=O) groups excluding carboxylic acids is 2. The first-order valence-electron chi connectivity index (χ1n) is 10.1. The molecule has 1 heterocycles.